The Hall–Kier alpha value is -3.64. The van der Waals surface area contributed by atoms with Crippen molar-refractivity contribution in [1.29, 1.82) is 0 Å². The number of nitrogens with zero attached hydrogens (tertiary/aromatic N) is 1. The number of aliphatic hydroxyl groups excluding tert-OH is 1. The minimum Gasteiger partial charge on any atom is -0.507 e. The molecule has 0 aromatic heterocycles. The molecule has 1 aliphatic heterocycles. The first-order valence-corrected chi connectivity index (χ1v) is 11.3. The molecular formula is C27H23ClFNO4. The van der Waals surface area contributed by atoms with Gasteiger partial charge in [0.15, 0.2) is 0 Å². The highest BCUT2D eigenvalue weighted by atomic mass is 35.5. The average molecular weight is 480 g/mol. The number of aliphatic hydroxyl groups is 1. The molecule has 1 atom stereocenters. The maximum atomic E-state index is 13.8. The standard InChI is InChI=1S/C27H23ClFNO4/c1-3-13-34-22-12-9-18(14-16(22)2)25(31)23-24(17-7-5-4-6-8-17)30(27(33)26(23)32)19-10-11-21(29)20(28)15-19/h4-12,14-15,24,31H,3,13H2,1-2H3/b25-23+. The minimum atomic E-state index is -0.918. The normalized spacial score (nSPS) is 17.3. The van der Waals surface area contributed by atoms with E-state index >= 15 is 0 Å². The zero-order valence-electron chi connectivity index (χ0n) is 18.7. The molecule has 5 nitrogen and oxygen atoms in total. The van der Waals surface area contributed by atoms with Gasteiger partial charge in [-0.3, -0.25) is 14.5 Å². The van der Waals surface area contributed by atoms with Gasteiger partial charge in [-0.2, -0.15) is 0 Å². The zero-order valence-corrected chi connectivity index (χ0v) is 19.5. The molecule has 1 unspecified atom stereocenters. The Balaban J connectivity index is 1.87. The Morgan fingerprint density at radius 3 is 2.47 bits per heavy atom. The fourth-order valence-corrected chi connectivity index (χ4v) is 4.19. The van der Waals surface area contributed by atoms with Crippen molar-refractivity contribution in [2.24, 2.45) is 0 Å². The van der Waals surface area contributed by atoms with Crippen molar-refractivity contribution >= 4 is 34.7 Å². The quantitative estimate of drug-likeness (QED) is 0.259. The molecule has 1 aliphatic rings. The third-order valence-corrected chi connectivity index (χ3v) is 5.94. The van der Waals surface area contributed by atoms with Gasteiger partial charge in [0, 0.05) is 11.3 Å². The first-order valence-electron chi connectivity index (χ1n) is 10.9. The number of halogens is 2. The Morgan fingerprint density at radius 1 is 1.09 bits per heavy atom. The lowest BCUT2D eigenvalue weighted by Crippen LogP contribution is -2.29. The van der Waals surface area contributed by atoms with E-state index in [1.807, 2.05) is 19.9 Å². The van der Waals surface area contributed by atoms with Crippen molar-refractivity contribution in [1.82, 2.24) is 0 Å². The summed E-state index contributed by atoms with van der Waals surface area (Å²) in [5, 5.41) is 11.1. The lowest BCUT2D eigenvalue weighted by molar-refractivity contribution is -0.132. The van der Waals surface area contributed by atoms with Gasteiger partial charge >= 0.3 is 0 Å². The topological polar surface area (TPSA) is 66.8 Å². The molecule has 0 aliphatic carbocycles. The van der Waals surface area contributed by atoms with Crippen molar-refractivity contribution in [2.75, 3.05) is 11.5 Å². The van der Waals surface area contributed by atoms with Crippen molar-refractivity contribution in [3.05, 3.63) is 99.8 Å². The maximum absolute atomic E-state index is 13.8. The van der Waals surface area contributed by atoms with Crippen molar-refractivity contribution in [2.45, 2.75) is 26.3 Å². The van der Waals surface area contributed by atoms with Crippen LogP contribution in [-0.2, 0) is 9.59 Å². The predicted molar refractivity (Wildman–Crippen MR) is 130 cm³/mol. The molecule has 1 saturated heterocycles. The third kappa shape index (κ3) is 4.29. The van der Waals surface area contributed by atoms with E-state index in [0.717, 1.165) is 18.1 Å². The summed E-state index contributed by atoms with van der Waals surface area (Å²) < 4.78 is 19.5. The van der Waals surface area contributed by atoms with Gasteiger partial charge in [-0.1, -0.05) is 48.9 Å². The van der Waals surface area contributed by atoms with E-state index in [4.69, 9.17) is 16.3 Å². The number of carbonyl (C=O) groups excluding carboxylic acids is 2. The smallest absolute Gasteiger partial charge is 0.300 e. The molecule has 0 radical (unpaired) electrons. The first-order chi connectivity index (χ1) is 16.3. The molecule has 3 aromatic carbocycles. The summed E-state index contributed by atoms with van der Waals surface area (Å²) in [5.41, 5.74) is 1.98. The lowest BCUT2D eigenvalue weighted by atomic mass is 9.94. The van der Waals surface area contributed by atoms with Crippen LogP contribution in [0.25, 0.3) is 5.76 Å². The molecule has 4 rings (SSSR count). The van der Waals surface area contributed by atoms with E-state index < -0.39 is 23.5 Å². The summed E-state index contributed by atoms with van der Waals surface area (Å²) in [5.74, 6) is -1.93. The van der Waals surface area contributed by atoms with Gasteiger partial charge in [-0.15, -0.1) is 0 Å². The molecule has 7 heteroatoms. The number of ether oxygens (including phenoxy) is 1. The maximum Gasteiger partial charge on any atom is 0.300 e. The van der Waals surface area contributed by atoms with Crippen LogP contribution >= 0.6 is 11.6 Å². The molecular weight excluding hydrogens is 457 g/mol. The molecule has 34 heavy (non-hydrogen) atoms. The Morgan fingerprint density at radius 2 is 1.82 bits per heavy atom. The summed E-state index contributed by atoms with van der Waals surface area (Å²) in [6, 6.07) is 16.9. The largest absolute Gasteiger partial charge is 0.507 e. The summed E-state index contributed by atoms with van der Waals surface area (Å²) in [6.07, 6.45) is 0.856. The highest BCUT2D eigenvalue weighted by molar-refractivity contribution is 6.51. The summed E-state index contributed by atoms with van der Waals surface area (Å²) >= 11 is 5.96. The van der Waals surface area contributed by atoms with Crippen LogP contribution in [0.15, 0.2) is 72.3 Å². The second-order valence-corrected chi connectivity index (χ2v) is 8.41. The van der Waals surface area contributed by atoms with E-state index in [2.05, 4.69) is 0 Å². The molecule has 3 aromatic rings. The SMILES string of the molecule is CCCOc1ccc(/C(O)=C2\C(=O)C(=O)N(c3ccc(F)c(Cl)c3)C2c2ccccc2)cc1C. The van der Waals surface area contributed by atoms with E-state index in [1.165, 1.54) is 17.0 Å². The fraction of sp³-hybridized carbons (Fsp3) is 0.185. The van der Waals surface area contributed by atoms with Gasteiger partial charge in [0.1, 0.15) is 17.3 Å². The monoisotopic (exact) mass is 479 g/mol. The number of Topliss-reactive ketones (excluding diaryl/α,β-unsaturated/α-hetero) is 1. The van der Waals surface area contributed by atoms with Crippen LogP contribution in [0.4, 0.5) is 10.1 Å². The lowest BCUT2D eigenvalue weighted by Gasteiger charge is -2.25. The first kappa shape index (κ1) is 23.5. The van der Waals surface area contributed by atoms with E-state index in [1.54, 1.807) is 42.5 Å². The zero-order chi connectivity index (χ0) is 24.4. The summed E-state index contributed by atoms with van der Waals surface area (Å²) in [4.78, 5) is 27.6. The molecule has 174 valence electrons. The Kier molecular flexibility index (Phi) is 6.70. The molecule has 0 spiro atoms. The van der Waals surface area contributed by atoms with Crippen LogP contribution in [0.3, 0.4) is 0 Å². The number of amides is 1. The van der Waals surface area contributed by atoms with E-state index in [0.29, 0.717) is 23.5 Å². The highest BCUT2D eigenvalue weighted by Crippen LogP contribution is 2.43. The number of rotatable bonds is 6. The summed E-state index contributed by atoms with van der Waals surface area (Å²) in [7, 11) is 0. The number of benzene rings is 3. The van der Waals surface area contributed by atoms with Crippen LogP contribution in [0, 0.1) is 12.7 Å². The van der Waals surface area contributed by atoms with Crippen LogP contribution in [0.1, 0.15) is 36.1 Å². The van der Waals surface area contributed by atoms with Crippen LogP contribution < -0.4 is 9.64 Å². The second-order valence-electron chi connectivity index (χ2n) is 8.01. The molecule has 1 fully saturated rings. The number of hydrogen-bond donors (Lipinski definition) is 1. The summed E-state index contributed by atoms with van der Waals surface area (Å²) in [6.45, 7) is 4.41. The molecule has 0 bridgehead atoms. The van der Waals surface area contributed by atoms with Crippen LogP contribution in [-0.4, -0.2) is 23.4 Å². The van der Waals surface area contributed by atoms with Gasteiger partial charge in [0.25, 0.3) is 11.7 Å². The van der Waals surface area contributed by atoms with Gasteiger partial charge < -0.3 is 9.84 Å². The predicted octanol–water partition coefficient (Wildman–Crippen LogP) is 6.20. The van der Waals surface area contributed by atoms with Gasteiger partial charge in [-0.05, 0) is 60.9 Å². The Bertz CT molecular complexity index is 1290. The van der Waals surface area contributed by atoms with E-state index in [9.17, 15) is 19.1 Å². The molecule has 1 amide bonds. The molecule has 1 N–H and O–H groups in total. The van der Waals surface area contributed by atoms with E-state index in [-0.39, 0.29) is 22.0 Å². The molecule has 1 heterocycles. The van der Waals surface area contributed by atoms with Gasteiger partial charge in [-0.25, -0.2) is 4.39 Å². The van der Waals surface area contributed by atoms with Crippen molar-refractivity contribution in [3.8, 4) is 5.75 Å². The van der Waals surface area contributed by atoms with Crippen LogP contribution in [0.2, 0.25) is 5.02 Å². The number of ketones is 1. The highest BCUT2D eigenvalue weighted by Gasteiger charge is 2.47. The minimum absolute atomic E-state index is 0.0572. The number of aryl methyl sites for hydroxylation is 1. The fourth-order valence-electron chi connectivity index (χ4n) is 4.01. The molecule has 0 saturated carbocycles. The van der Waals surface area contributed by atoms with Gasteiger partial charge in [0.05, 0.1) is 23.2 Å². The van der Waals surface area contributed by atoms with Crippen LogP contribution in [0.5, 0.6) is 5.75 Å². The van der Waals surface area contributed by atoms with Crippen molar-refractivity contribution in [3.63, 3.8) is 0 Å². The number of carbonyl (C=O) groups is 2. The second kappa shape index (κ2) is 9.69. The average Bonchev–Trinajstić information content (AvgIpc) is 3.10. The van der Waals surface area contributed by atoms with Crippen molar-refractivity contribution < 1.29 is 23.8 Å². The Labute approximate surface area is 202 Å². The third-order valence-electron chi connectivity index (χ3n) is 5.65. The number of hydrogen-bond acceptors (Lipinski definition) is 4. The van der Waals surface area contributed by atoms with Gasteiger partial charge in [0.2, 0.25) is 0 Å². The number of anilines is 1.